The fourth-order valence-electron chi connectivity index (χ4n) is 1.21. The Hall–Kier alpha value is 0.391. The number of rotatable bonds is 3. The summed E-state index contributed by atoms with van der Waals surface area (Å²) < 4.78 is 69.8. The van der Waals surface area contributed by atoms with Gasteiger partial charge in [0.15, 0.2) is 0 Å². The number of anilines is 1. The Morgan fingerprint density at radius 2 is 1.71 bits per heavy atom. The molecule has 0 aliphatic rings. The van der Waals surface area contributed by atoms with Crippen LogP contribution in [0.3, 0.4) is 0 Å². The minimum absolute atomic E-state index is 0. The van der Waals surface area contributed by atoms with Gasteiger partial charge in [-0.25, -0.2) is 0 Å². The third-order valence-corrected chi connectivity index (χ3v) is 2.54. The van der Waals surface area contributed by atoms with Gasteiger partial charge in [0.1, 0.15) is 4.90 Å². The van der Waals surface area contributed by atoms with E-state index in [9.17, 15) is 25.3 Å². The summed E-state index contributed by atoms with van der Waals surface area (Å²) in [5.74, 6) is 0. The van der Waals surface area contributed by atoms with E-state index < -0.39 is 28.4 Å². The van der Waals surface area contributed by atoms with Gasteiger partial charge in [-0.05, 0) is 18.2 Å². The van der Waals surface area contributed by atoms with E-state index >= 15 is 0 Å². The zero-order valence-electron chi connectivity index (χ0n) is 8.83. The monoisotopic (exact) mass is 295 g/mol. The maximum Gasteiger partial charge on any atom is 1.00 e. The van der Waals surface area contributed by atoms with Crippen molar-refractivity contribution in [2.24, 2.45) is 0 Å². The Morgan fingerprint density at radius 1 is 1.18 bits per heavy atom. The molecule has 1 rings (SSSR count). The molecule has 1 aromatic carbocycles. The fraction of sp³-hybridized carbons (Fsp3) is 0.143. The topological polar surface area (TPSA) is 60.2 Å². The fourth-order valence-corrected chi connectivity index (χ4v) is 1.78. The van der Waals surface area contributed by atoms with Crippen LogP contribution in [0.5, 0.6) is 0 Å². The SMILES string of the molecule is Nc1cc(C[B-](F)(F)F)cc(S(=O)(=O)F)c1.[K+]. The molecule has 0 aromatic heterocycles. The first-order valence-corrected chi connectivity index (χ1v) is 5.51. The first-order valence-electron chi connectivity index (χ1n) is 4.13. The van der Waals surface area contributed by atoms with E-state index in [1.54, 1.807) is 0 Å². The molecule has 0 radical (unpaired) electrons. The normalized spacial score (nSPS) is 12.0. The average molecular weight is 295 g/mol. The van der Waals surface area contributed by atoms with Crippen LogP contribution >= 0.6 is 0 Å². The van der Waals surface area contributed by atoms with Crippen LogP contribution in [0.15, 0.2) is 23.1 Å². The molecular weight excluding hydrogens is 288 g/mol. The zero-order chi connectivity index (χ0) is 12.6. The van der Waals surface area contributed by atoms with Crippen LogP contribution in [0.4, 0.5) is 22.5 Å². The summed E-state index contributed by atoms with van der Waals surface area (Å²) in [5.41, 5.74) is 4.58. The molecule has 3 nitrogen and oxygen atoms in total. The molecule has 0 fully saturated rings. The second-order valence-electron chi connectivity index (χ2n) is 3.26. The van der Waals surface area contributed by atoms with Crippen LogP contribution in [0.2, 0.25) is 0 Å². The van der Waals surface area contributed by atoms with E-state index in [2.05, 4.69) is 0 Å². The van der Waals surface area contributed by atoms with E-state index in [4.69, 9.17) is 5.73 Å². The molecular formula is C7H7BF4KNO2S. The first kappa shape index (κ1) is 17.4. The van der Waals surface area contributed by atoms with Gasteiger partial charge in [-0.1, -0.05) is 11.9 Å². The molecule has 0 aliphatic carbocycles. The van der Waals surface area contributed by atoms with E-state index in [1.807, 2.05) is 0 Å². The smallest absolute Gasteiger partial charge is 0.449 e. The number of halogens is 4. The van der Waals surface area contributed by atoms with E-state index in [0.717, 1.165) is 12.1 Å². The molecule has 90 valence electrons. The number of nitrogen functional groups attached to an aromatic ring is 1. The van der Waals surface area contributed by atoms with Crippen molar-refractivity contribution < 1.29 is 76.6 Å². The molecule has 0 saturated heterocycles. The van der Waals surface area contributed by atoms with Gasteiger partial charge in [-0.15, -0.1) is 3.89 Å². The standard InChI is InChI=1S/C7H7BF4NO2S.K/c9-8(10,11)4-5-1-6(13)3-7(2-5)16(12,14)15;/h1-3H,4,13H2;/q-1;+1. The number of benzene rings is 1. The molecule has 2 N–H and O–H groups in total. The summed E-state index contributed by atoms with van der Waals surface area (Å²) in [6.45, 7) is -5.12. The molecule has 0 heterocycles. The van der Waals surface area contributed by atoms with Crippen LogP contribution in [0.25, 0.3) is 0 Å². The van der Waals surface area contributed by atoms with Crippen LogP contribution in [-0.2, 0) is 16.5 Å². The van der Waals surface area contributed by atoms with Gasteiger partial charge in [0.05, 0.1) is 0 Å². The van der Waals surface area contributed by atoms with Crippen molar-refractivity contribution in [2.45, 2.75) is 11.2 Å². The Bertz CT molecular complexity index is 505. The Morgan fingerprint density at radius 3 is 2.12 bits per heavy atom. The predicted octanol–water partition coefficient (Wildman–Crippen LogP) is -1.14. The van der Waals surface area contributed by atoms with Gasteiger partial charge in [-0.3, -0.25) is 0 Å². The van der Waals surface area contributed by atoms with Crippen molar-refractivity contribution in [2.75, 3.05) is 5.73 Å². The van der Waals surface area contributed by atoms with Gasteiger partial charge < -0.3 is 18.7 Å². The van der Waals surface area contributed by atoms with Gasteiger partial charge >= 0.3 is 68.6 Å². The minimum Gasteiger partial charge on any atom is -0.449 e. The van der Waals surface area contributed by atoms with Gasteiger partial charge in [0, 0.05) is 5.69 Å². The third kappa shape index (κ3) is 6.20. The summed E-state index contributed by atoms with van der Waals surface area (Å²) in [6, 6.07) is 2.35. The largest absolute Gasteiger partial charge is 1.00 e. The second kappa shape index (κ2) is 6.02. The van der Waals surface area contributed by atoms with E-state index in [-0.39, 0.29) is 62.6 Å². The quantitative estimate of drug-likeness (QED) is 0.332. The van der Waals surface area contributed by atoms with Crippen molar-refractivity contribution >= 4 is 22.9 Å². The van der Waals surface area contributed by atoms with Crippen molar-refractivity contribution in [1.82, 2.24) is 0 Å². The molecule has 0 amide bonds. The average Bonchev–Trinajstić information content (AvgIpc) is 1.97. The number of hydrogen-bond donors (Lipinski definition) is 1. The molecule has 0 atom stereocenters. The second-order valence-corrected chi connectivity index (χ2v) is 4.61. The van der Waals surface area contributed by atoms with Crippen LogP contribution in [-0.4, -0.2) is 15.4 Å². The first-order chi connectivity index (χ1) is 7.08. The summed E-state index contributed by atoms with van der Waals surface area (Å²) in [4.78, 5) is -0.859. The molecule has 10 heteroatoms. The third-order valence-electron chi connectivity index (χ3n) is 1.74. The van der Waals surface area contributed by atoms with Crippen molar-refractivity contribution in [3.05, 3.63) is 23.8 Å². The van der Waals surface area contributed by atoms with Gasteiger partial charge in [-0.2, -0.15) is 8.42 Å². The Balaban J connectivity index is 0.00000256. The molecule has 0 bridgehead atoms. The van der Waals surface area contributed by atoms with Crippen molar-refractivity contribution in [3.8, 4) is 0 Å². The summed E-state index contributed by atoms with van der Waals surface area (Å²) in [5, 5.41) is 0. The molecule has 17 heavy (non-hydrogen) atoms. The zero-order valence-corrected chi connectivity index (χ0v) is 12.8. The van der Waals surface area contributed by atoms with E-state index in [1.165, 1.54) is 0 Å². The minimum atomic E-state index is -5.12. The maximum absolute atomic E-state index is 12.6. The van der Waals surface area contributed by atoms with Crippen LogP contribution in [0.1, 0.15) is 5.56 Å². The number of nitrogens with two attached hydrogens (primary N) is 1. The summed E-state index contributed by atoms with van der Waals surface area (Å²) in [6.07, 6.45) is -1.30. The number of hydrogen-bond acceptors (Lipinski definition) is 3. The van der Waals surface area contributed by atoms with E-state index in [0.29, 0.717) is 6.07 Å². The predicted molar refractivity (Wildman–Crippen MR) is 51.9 cm³/mol. The van der Waals surface area contributed by atoms with Crippen LogP contribution < -0.4 is 57.1 Å². The molecule has 0 saturated carbocycles. The Labute approximate surface area is 138 Å². The van der Waals surface area contributed by atoms with Crippen molar-refractivity contribution in [3.63, 3.8) is 0 Å². The van der Waals surface area contributed by atoms with Gasteiger partial charge in [0.25, 0.3) is 0 Å². The Kier molecular flexibility index (Phi) is 6.16. The maximum atomic E-state index is 12.6. The van der Waals surface area contributed by atoms with Crippen LogP contribution in [0, 0.1) is 0 Å². The molecule has 0 aliphatic heterocycles. The van der Waals surface area contributed by atoms with Gasteiger partial charge in [0.2, 0.25) is 0 Å². The molecule has 0 unspecified atom stereocenters. The summed E-state index contributed by atoms with van der Waals surface area (Å²) in [7, 11) is -5.04. The summed E-state index contributed by atoms with van der Waals surface area (Å²) >= 11 is 0. The molecule has 1 aromatic rings. The van der Waals surface area contributed by atoms with Crippen molar-refractivity contribution in [1.29, 1.82) is 0 Å². The molecule has 0 spiro atoms.